The summed E-state index contributed by atoms with van der Waals surface area (Å²) in [6.45, 7) is 0.969. The quantitative estimate of drug-likeness (QED) is 0.479. The highest BCUT2D eigenvalue weighted by Gasteiger charge is 1.97. The number of carboxylic acids is 2. The molecule has 0 radical (unpaired) electrons. The zero-order valence-electron chi connectivity index (χ0n) is 10.0. The molecule has 0 aliphatic rings. The van der Waals surface area contributed by atoms with Gasteiger partial charge in [0, 0.05) is 17.3 Å². The fourth-order valence-corrected chi connectivity index (χ4v) is 2.58. The average molecular weight is 298 g/mol. The third-order valence-electron chi connectivity index (χ3n) is 1.57. The Morgan fingerprint density at radius 2 is 1.50 bits per heavy atom. The molecule has 0 fully saturated rings. The largest absolute Gasteiger partial charge is 0.481 e. The number of thioether (sulfide) groups is 2. The molecule has 0 aromatic rings. The smallest absolute Gasteiger partial charge is 0.329 e. The molecule has 0 spiro atoms. The van der Waals surface area contributed by atoms with Crippen molar-refractivity contribution in [3.63, 3.8) is 0 Å². The van der Waals surface area contributed by atoms with Crippen LogP contribution in [0.5, 0.6) is 0 Å². The lowest BCUT2D eigenvalue weighted by Crippen LogP contribution is -2.12. The molecule has 0 heterocycles. The normalized spacial score (nSPS) is 10.4. The van der Waals surface area contributed by atoms with Gasteiger partial charge in [-0.05, 0) is 0 Å². The van der Waals surface area contributed by atoms with Gasteiger partial charge in [0.1, 0.15) is 6.61 Å². The van der Waals surface area contributed by atoms with E-state index in [9.17, 15) is 9.59 Å². The summed E-state index contributed by atoms with van der Waals surface area (Å²) in [5, 5.41) is 16.7. The van der Waals surface area contributed by atoms with Gasteiger partial charge in [-0.1, -0.05) is 0 Å². The summed E-state index contributed by atoms with van der Waals surface area (Å²) < 4.78 is 10.0. The predicted molar refractivity (Wildman–Crippen MR) is 71.6 cm³/mol. The van der Waals surface area contributed by atoms with Crippen molar-refractivity contribution in [2.45, 2.75) is 0 Å². The van der Waals surface area contributed by atoms with E-state index in [1.54, 1.807) is 11.8 Å². The Kier molecular flexibility index (Phi) is 12.7. The van der Waals surface area contributed by atoms with Gasteiger partial charge in [0.2, 0.25) is 0 Å². The fraction of sp³-hybridized carbons (Fsp3) is 0.800. The monoisotopic (exact) mass is 298 g/mol. The van der Waals surface area contributed by atoms with Crippen LogP contribution in [0.25, 0.3) is 0 Å². The Balaban J connectivity index is 2.99. The van der Waals surface area contributed by atoms with E-state index in [1.165, 1.54) is 11.8 Å². The summed E-state index contributed by atoms with van der Waals surface area (Å²) in [5.74, 6) is 0.944. The van der Waals surface area contributed by atoms with Crippen LogP contribution < -0.4 is 0 Å². The maximum absolute atomic E-state index is 10.2. The summed E-state index contributed by atoms with van der Waals surface area (Å²) in [4.78, 5) is 20.3. The standard InChI is InChI=1S/C10H18O6S2/c11-9(12)7-16-2-1-15-3-4-17-5-6-18-8-10(13)14/h1-8H2,(H,11,12)(H,13,14). The number of aliphatic carboxylic acids is 2. The highest BCUT2D eigenvalue weighted by atomic mass is 32.2. The first-order chi connectivity index (χ1) is 8.63. The van der Waals surface area contributed by atoms with Crippen molar-refractivity contribution >= 4 is 35.5 Å². The minimum Gasteiger partial charge on any atom is -0.481 e. The molecule has 0 rings (SSSR count). The second kappa shape index (κ2) is 13.0. The van der Waals surface area contributed by atoms with E-state index in [2.05, 4.69) is 0 Å². The van der Waals surface area contributed by atoms with Crippen molar-refractivity contribution in [1.29, 1.82) is 0 Å². The van der Waals surface area contributed by atoms with Crippen LogP contribution in [0.3, 0.4) is 0 Å². The lowest BCUT2D eigenvalue weighted by molar-refractivity contribution is -0.142. The summed E-state index contributed by atoms with van der Waals surface area (Å²) in [7, 11) is 0. The Morgan fingerprint density at radius 1 is 0.833 bits per heavy atom. The minimum atomic E-state index is -0.982. The molecule has 0 unspecified atom stereocenters. The summed E-state index contributed by atoms with van der Waals surface area (Å²) >= 11 is 3.10. The van der Waals surface area contributed by atoms with Gasteiger partial charge in [-0.3, -0.25) is 4.79 Å². The average Bonchev–Trinajstić information content (AvgIpc) is 2.29. The number of carboxylic acid groups (broad SMARTS) is 2. The van der Waals surface area contributed by atoms with Crippen molar-refractivity contribution in [2.75, 3.05) is 49.4 Å². The van der Waals surface area contributed by atoms with Crippen molar-refractivity contribution in [3.8, 4) is 0 Å². The topological polar surface area (TPSA) is 93.1 Å². The van der Waals surface area contributed by atoms with E-state index < -0.39 is 11.9 Å². The minimum absolute atomic E-state index is 0.151. The van der Waals surface area contributed by atoms with Crippen LogP contribution in [0.15, 0.2) is 0 Å². The van der Waals surface area contributed by atoms with E-state index in [0.29, 0.717) is 13.2 Å². The Labute approximate surface area is 114 Å². The molecule has 0 amide bonds. The zero-order valence-corrected chi connectivity index (χ0v) is 11.6. The highest BCUT2D eigenvalue weighted by molar-refractivity contribution is 8.03. The summed E-state index contributed by atoms with van der Waals surface area (Å²) in [6, 6.07) is 0. The van der Waals surface area contributed by atoms with Crippen LogP contribution in [0.2, 0.25) is 0 Å². The number of ether oxygens (including phenoxy) is 2. The Bertz CT molecular complexity index is 212. The first kappa shape index (κ1) is 17.6. The number of hydrogen-bond donors (Lipinski definition) is 2. The van der Waals surface area contributed by atoms with E-state index in [4.69, 9.17) is 19.7 Å². The molecule has 0 aromatic carbocycles. The highest BCUT2D eigenvalue weighted by Crippen LogP contribution is 2.06. The van der Waals surface area contributed by atoms with Gasteiger partial charge in [-0.15, -0.1) is 11.8 Å². The molecule has 0 aliphatic heterocycles. The molecule has 0 bridgehead atoms. The van der Waals surface area contributed by atoms with Gasteiger partial charge in [-0.2, -0.15) is 11.8 Å². The predicted octanol–water partition coefficient (Wildman–Crippen LogP) is 0.655. The molecule has 0 aliphatic carbocycles. The van der Waals surface area contributed by atoms with Crippen molar-refractivity contribution in [1.82, 2.24) is 0 Å². The third-order valence-corrected chi connectivity index (χ3v) is 3.72. The molecule has 8 heteroatoms. The molecule has 0 atom stereocenters. The second-order valence-corrected chi connectivity index (χ2v) is 5.45. The van der Waals surface area contributed by atoms with Gasteiger partial charge < -0.3 is 19.7 Å². The molecule has 0 saturated carbocycles. The van der Waals surface area contributed by atoms with E-state index in [-0.39, 0.29) is 19.0 Å². The molecular formula is C10H18O6S2. The number of rotatable bonds is 13. The van der Waals surface area contributed by atoms with Crippen LogP contribution in [0, 0.1) is 0 Å². The molecule has 2 N–H and O–H groups in total. The zero-order chi connectivity index (χ0) is 13.6. The number of hydrogen-bond acceptors (Lipinski definition) is 6. The van der Waals surface area contributed by atoms with Gasteiger partial charge in [0.15, 0.2) is 0 Å². The van der Waals surface area contributed by atoms with Gasteiger partial charge in [0.25, 0.3) is 0 Å². The summed E-state index contributed by atoms with van der Waals surface area (Å²) in [5.41, 5.74) is 0. The number of carbonyl (C=O) groups is 2. The maximum atomic E-state index is 10.2. The Hall–Kier alpha value is -0.440. The van der Waals surface area contributed by atoms with Crippen LogP contribution in [-0.4, -0.2) is 71.6 Å². The molecule has 106 valence electrons. The van der Waals surface area contributed by atoms with Crippen LogP contribution in [0.4, 0.5) is 0 Å². The first-order valence-corrected chi connectivity index (χ1v) is 7.68. The van der Waals surface area contributed by atoms with Crippen LogP contribution in [-0.2, 0) is 19.1 Å². The molecule has 0 aromatic heterocycles. The molecule has 18 heavy (non-hydrogen) atoms. The first-order valence-electron chi connectivity index (χ1n) is 5.37. The van der Waals surface area contributed by atoms with Crippen molar-refractivity contribution in [2.24, 2.45) is 0 Å². The van der Waals surface area contributed by atoms with Gasteiger partial charge in [0.05, 0.1) is 25.6 Å². The van der Waals surface area contributed by atoms with Crippen LogP contribution in [0.1, 0.15) is 0 Å². The van der Waals surface area contributed by atoms with Crippen molar-refractivity contribution < 1.29 is 29.3 Å². The van der Waals surface area contributed by atoms with E-state index in [1.807, 2.05) is 0 Å². The maximum Gasteiger partial charge on any atom is 0.329 e. The Morgan fingerprint density at radius 3 is 2.17 bits per heavy atom. The SMILES string of the molecule is O=C(O)COCCOCCSCCSCC(=O)O. The molecule has 0 saturated heterocycles. The molecular weight excluding hydrogens is 280 g/mol. The van der Waals surface area contributed by atoms with E-state index in [0.717, 1.165) is 17.3 Å². The van der Waals surface area contributed by atoms with Gasteiger partial charge in [-0.25, -0.2) is 4.79 Å². The van der Waals surface area contributed by atoms with Crippen molar-refractivity contribution in [3.05, 3.63) is 0 Å². The molecule has 6 nitrogen and oxygen atoms in total. The van der Waals surface area contributed by atoms with Gasteiger partial charge >= 0.3 is 11.9 Å². The fourth-order valence-electron chi connectivity index (χ4n) is 0.877. The summed E-state index contributed by atoms with van der Waals surface area (Å²) in [6.07, 6.45) is 0. The third kappa shape index (κ3) is 15.6. The van der Waals surface area contributed by atoms with E-state index >= 15 is 0 Å². The lowest BCUT2D eigenvalue weighted by Gasteiger charge is -2.04. The van der Waals surface area contributed by atoms with Crippen LogP contribution >= 0.6 is 23.5 Å². The second-order valence-electron chi connectivity index (χ2n) is 3.12. The lowest BCUT2D eigenvalue weighted by atomic mass is 10.7.